The van der Waals surface area contributed by atoms with Crippen molar-refractivity contribution < 1.29 is 19.5 Å². The Morgan fingerprint density at radius 3 is 2.20 bits per heavy atom. The lowest BCUT2D eigenvalue weighted by molar-refractivity contribution is -0.145. The zero-order valence-corrected chi connectivity index (χ0v) is 27.2. The van der Waals surface area contributed by atoms with Crippen molar-refractivity contribution in [2.75, 3.05) is 45.8 Å². The zero-order chi connectivity index (χ0) is 32.0. The number of fused-ring (bicyclic) bond motifs is 1. The summed E-state index contributed by atoms with van der Waals surface area (Å²) in [6.07, 6.45) is 7.57. The van der Waals surface area contributed by atoms with Gasteiger partial charge in [-0.25, -0.2) is 4.79 Å². The van der Waals surface area contributed by atoms with Crippen molar-refractivity contribution in [2.24, 2.45) is 16.7 Å². The smallest absolute Gasteiger partial charge is 0.335 e. The number of hydrogen-bond donors (Lipinski definition) is 1. The summed E-state index contributed by atoms with van der Waals surface area (Å²) < 4.78 is 0. The Bertz CT molecular complexity index is 1520. The van der Waals surface area contributed by atoms with E-state index in [1.165, 1.54) is 11.1 Å². The monoisotopic (exact) mass is 609 g/mol. The second-order valence-electron chi connectivity index (χ2n) is 14.3. The molecule has 0 spiro atoms. The number of aromatic carboxylic acids is 1. The van der Waals surface area contributed by atoms with Gasteiger partial charge in [-0.3, -0.25) is 9.59 Å². The van der Waals surface area contributed by atoms with Gasteiger partial charge in [0, 0.05) is 43.6 Å². The van der Waals surface area contributed by atoms with Gasteiger partial charge in [0.1, 0.15) is 0 Å². The summed E-state index contributed by atoms with van der Waals surface area (Å²) in [5, 5.41) is 9.36. The Hall–Kier alpha value is -3.71. The molecule has 45 heavy (non-hydrogen) atoms. The lowest BCUT2D eigenvalue weighted by atomic mass is 9.58. The number of likely N-dealkylation sites (tertiary alicyclic amines) is 2. The molecule has 7 heteroatoms. The van der Waals surface area contributed by atoms with E-state index < -0.39 is 11.4 Å². The summed E-state index contributed by atoms with van der Waals surface area (Å²) in [5.41, 5.74) is 3.80. The van der Waals surface area contributed by atoms with Crippen LogP contribution in [0.15, 0.2) is 72.3 Å². The van der Waals surface area contributed by atoms with E-state index in [0.29, 0.717) is 39.0 Å². The van der Waals surface area contributed by atoms with Gasteiger partial charge in [-0.05, 0) is 67.6 Å². The Morgan fingerprint density at radius 1 is 0.889 bits per heavy atom. The molecular formula is C38H47N3O4. The van der Waals surface area contributed by atoms with Gasteiger partial charge in [-0.1, -0.05) is 87.9 Å². The Kier molecular flexibility index (Phi) is 8.27. The van der Waals surface area contributed by atoms with E-state index in [9.17, 15) is 19.5 Å². The maximum Gasteiger partial charge on any atom is 0.335 e. The van der Waals surface area contributed by atoms with Crippen LogP contribution in [-0.2, 0) is 15.0 Å². The van der Waals surface area contributed by atoms with Gasteiger partial charge < -0.3 is 19.8 Å². The van der Waals surface area contributed by atoms with E-state index in [4.69, 9.17) is 0 Å². The highest BCUT2D eigenvalue weighted by molar-refractivity contribution is 5.90. The molecule has 2 aromatic carbocycles. The standard InChI is InChI=1S/C38H47N3O4/c1-5-39-21-16-29(25-39)33(42)40-23-19-38(20-24-40,30-9-7-6-8-10-30)35(45)41-22-17-32-36(2,3)31(15-18-37(32,4)26-41)27-11-13-28(14-12-27)34(43)44/h6-15,17,29H,5,16,18-26H2,1-4H3,(H,43,44)/t29?,37-/m1/s1. The minimum atomic E-state index is -0.923. The van der Waals surface area contributed by atoms with Crippen molar-refractivity contribution >= 4 is 23.4 Å². The number of carbonyl (C=O) groups excluding carboxylic acids is 2. The predicted octanol–water partition coefficient (Wildman–Crippen LogP) is 5.88. The van der Waals surface area contributed by atoms with Crippen LogP contribution in [0.1, 0.15) is 74.9 Å². The topological polar surface area (TPSA) is 81.2 Å². The molecule has 1 aliphatic carbocycles. The molecule has 2 fully saturated rings. The van der Waals surface area contributed by atoms with Crippen LogP contribution in [0.25, 0.3) is 5.57 Å². The van der Waals surface area contributed by atoms with Gasteiger partial charge in [0.2, 0.25) is 11.8 Å². The molecule has 1 unspecified atom stereocenters. The lowest BCUT2D eigenvalue weighted by Crippen LogP contribution is -2.57. The molecule has 0 aromatic heterocycles. The number of carbonyl (C=O) groups is 3. The number of hydrogen-bond acceptors (Lipinski definition) is 4. The number of rotatable bonds is 6. The maximum absolute atomic E-state index is 14.8. The average Bonchev–Trinajstić information content (AvgIpc) is 3.54. The quantitative estimate of drug-likeness (QED) is 0.414. The van der Waals surface area contributed by atoms with Gasteiger partial charge in [0.25, 0.3) is 0 Å². The summed E-state index contributed by atoms with van der Waals surface area (Å²) in [6, 6.07) is 17.4. The molecule has 4 aliphatic rings. The van der Waals surface area contributed by atoms with Crippen molar-refractivity contribution in [1.29, 1.82) is 0 Å². The Balaban J connectivity index is 1.23. The summed E-state index contributed by atoms with van der Waals surface area (Å²) in [5.74, 6) is -0.429. The number of amides is 2. The Labute approximate surface area is 267 Å². The van der Waals surface area contributed by atoms with E-state index in [-0.39, 0.29) is 34.1 Å². The first kappa shape index (κ1) is 31.3. The number of carboxylic acid groups (broad SMARTS) is 1. The molecule has 0 radical (unpaired) electrons. The van der Waals surface area contributed by atoms with Crippen molar-refractivity contribution in [3.63, 3.8) is 0 Å². The molecule has 2 saturated heterocycles. The molecule has 6 rings (SSSR count). The molecule has 2 atom stereocenters. The number of nitrogens with zero attached hydrogens (tertiary/aromatic N) is 3. The third-order valence-electron chi connectivity index (χ3n) is 11.3. The summed E-state index contributed by atoms with van der Waals surface area (Å²) in [4.78, 5) is 46.1. The minimum Gasteiger partial charge on any atom is -0.478 e. The normalized spacial score (nSPS) is 26.1. The van der Waals surface area contributed by atoms with Crippen LogP contribution < -0.4 is 0 Å². The molecule has 2 aromatic rings. The van der Waals surface area contributed by atoms with Crippen LogP contribution in [0.4, 0.5) is 0 Å². The van der Waals surface area contributed by atoms with Crippen LogP contribution >= 0.6 is 0 Å². The first-order chi connectivity index (χ1) is 21.5. The first-order valence-electron chi connectivity index (χ1n) is 16.6. The van der Waals surface area contributed by atoms with Gasteiger partial charge in [0.15, 0.2) is 0 Å². The number of piperidine rings is 1. The summed E-state index contributed by atoms with van der Waals surface area (Å²) in [6.45, 7) is 14.1. The van der Waals surface area contributed by atoms with E-state index in [0.717, 1.165) is 43.6 Å². The fourth-order valence-electron chi connectivity index (χ4n) is 8.73. The number of benzene rings is 2. The van der Waals surface area contributed by atoms with Crippen molar-refractivity contribution in [2.45, 2.75) is 58.8 Å². The molecule has 0 saturated carbocycles. The lowest BCUT2D eigenvalue weighted by Gasteiger charge is -2.52. The fourth-order valence-corrected chi connectivity index (χ4v) is 8.73. The fraction of sp³-hybridized carbons (Fsp3) is 0.500. The van der Waals surface area contributed by atoms with E-state index >= 15 is 0 Å². The molecule has 3 aliphatic heterocycles. The zero-order valence-electron chi connectivity index (χ0n) is 27.2. The Morgan fingerprint density at radius 2 is 1.58 bits per heavy atom. The van der Waals surface area contributed by atoms with Crippen molar-refractivity contribution in [3.05, 3.63) is 89.0 Å². The van der Waals surface area contributed by atoms with E-state index in [1.54, 1.807) is 12.1 Å². The van der Waals surface area contributed by atoms with E-state index in [2.05, 4.69) is 61.8 Å². The van der Waals surface area contributed by atoms with Gasteiger partial charge >= 0.3 is 5.97 Å². The highest BCUT2D eigenvalue weighted by Gasteiger charge is 2.51. The SMILES string of the molecule is CCN1CCC(C(=O)N2CCC(C(=O)N3CC=C4C(C)(C)C(c5ccc(C(=O)O)cc5)=CC[C@]4(C)C3)(c3ccccc3)CC2)C1. The molecule has 1 N–H and O–H groups in total. The average molecular weight is 610 g/mol. The summed E-state index contributed by atoms with van der Waals surface area (Å²) >= 11 is 0. The van der Waals surface area contributed by atoms with Crippen LogP contribution in [-0.4, -0.2) is 83.4 Å². The number of allylic oxidation sites excluding steroid dienone is 2. The van der Waals surface area contributed by atoms with Gasteiger partial charge in [0.05, 0.1) is 16.9 Å². The molecule has 238 valence electrons. The van der Waals surface area contributed by atoms with E-state index in [1.807, 2.05) is 35.2 Å². The van der Waals surface area contributed by atoms with Gasteiger partial charge in [-0.15, -0.1) is 0 Å². The molecule has 7 nitrogen and oxygen atoms in total. The predicted molar refractivity (Wildman–Crippen MR) is 177 cm³/mol. The molecule has 3 heterocycles. The van der Waals surface area contributed by atoms with Crippen molar-refractivity contribution in [1.82, 2.24) is 14.7 Å². The van der Waals surface area contributed by atoms with Crippen molar-refractivity contribution in [3.8, 4) is 0 Å². The highest BCUT2D eigenvalue weighted by atomic mass is 16.4. The van der Waals surface area contributed by atoms with Crippen LogP contribution in [0.5, 0.6) is 0 Å². The summed E-state index contributed by atoms with van der Waals surface area (Å²) in [7, 11) is 0. The second kappa shape index (κ2) is 11.9. The third kappa shape index (κ3) is 5.54. The molecular weight excluding hydrogens is 562 g/mol. The second-order valence-corrected chi connectivity index (χ2v) is 14.3. The van der Waals surface area contributed by atoms with Gasteiger partial charge in [-0.2, -0.15) is 0 Å². The van der Waals surface area contributed by atoms with Crippen LogP contribution in [0, 0.1) is 16.7 Å². The minimum absolute atomic E-state index is 0.0678. The number of carboxylic acids is 1. The first-order valence-corrected chi connectivity index (χ1v) is 16.6. The molecule has 0 bridgehead atoms. The molecule has 2 amide bonds. The largest absolute Gasteiger partial charge is 0.478 e. The van der Waals surface area contributed by atoms with Crippen LogP contribution in [0.2, 0.25) is 0 Å². The maximum atomic E-state index is 14.8. The highest BCUT2D eigenvalue weighted by Crippen LogP contribution is 2.55. The third-order valence-corrected chi connectivity index (χ3v) is 11.3. The van der Waals surface area contributed by atoms with Crippen LogP contribution in [0.3, 0.4) is 0 Å².